The lowest BCUT2D eigenvalue weighted by Crippen LogP contribution is -2.19. The van der Waals surface area contributed by atoms with Crippen LogP contribution in [0.4, 0.5) is 0 Å². The van der Waals surface area contributed by atoms with Crippen LogP contribution in [0.1, 0.15) is 60.8 Å². The van der Waals surface area contributed by atoms with E-state index in [1.165, 1.54) is 36.0 Å². The minimum atomic E-state index is 0.330. The van der Waals surface area contributed by atoms with E-state index in [-0.39, 0.29) is 0 Å². The van der Waals surface area contributed by atoms with Crippen molar-refractivity contribution in [1.29, 1.82) is 0 Å². The van der Waals surface area contributed by atoms with Crippen LogP contribution in [0.3, 0.4) is 0 Å². The van der Waals surface area contributed by atoms with Gasteiger partial charge in [-0.1, -0.05) is 67.0 Å². The molecule has 0 N–H and O–H groups in total. The second kappa shape index (κ2) is 7.47. The standard InChI is InChI=1S/C20H30/c1-7-16(2)10-8-11-17(3)13-14-19-18(4)12-9-15-20(19,5)6/h7-8,10-11,13-14H,9,12,15H2,1-6H3/b10-8-,14-13+,16-7-,17-11+. The second-order valence-electron chi connectivity index (χ2n) is 6.57. The molecule has 0 radical (unpaired) electrons. The van der Waals surface area contributed by atoms with Crippen LogP contribution in [0.5, 0.6) is 0 Å². The predicted octanol–water partition coefficient (Wildman–Crippen LogP) is 6.54. The lowest BCUT2D eigenvalue weighted by Gasteiger charge is -2.32. The van der Waals surface area contributed by atoms with Gasteiger partial charge in [-0.3, -0.25) is 0 Å². The van der Waals surface area contributed by atoms with Crippen LogP contribution in [-0.2, 0) is 0 Å². The SMILES string of the molecule is C\C=C(C)/C=C\C=C(C)\C=C\C1=C(C)CCCC1(C)C. The van der Waals surface area contributed by atoms with Crippen molar-refractivity contribution >= 4 is 0 Å². The summed E-state index contributed by atoms with van der Waals surface area (Å²) in [5, 5.41) is 0. The summed E-state index contributed by atoms with van der Waals surface area (Å²) < 4.78 is 0. The van der Waals surface area contributed by atoms with E-state index in [1.807, 2.05) is 0 Å². The maximum Gasteiger partial charge on any atom is -0.0104 e. The summed E-state index contributed by atoms with van der Waals surface area (Å²) in [4.78, 5) is 0. The molecular weight excluding hydrogens is 240 g/mol. The first kappa shape index (κ1) is 16.8. The smallest absolute Gasteiger partial charge is 0.0104 e. The Labute approximate surface area is 125 Å². The minimum Gasteiger partial charge on any atom is -0.0847 e. The third-order valence-corrected chi connectivity index (χ3v) is 4.23. The molecule has 0 bridgehead atoms. The summed E-state index contributed by atoms with van der Waals surface area (Å²) in [6.07, 6.45) is 17.0. The Kier molecular flexibility index (Phi) is 6.26. The Morgan fingerprint density at radius 3 is 2.40 bits per heavy atom. The van der Waals surface area contributed by atoms with Gasteiger partial charge >= 0.3 is 0 Å². The molecule has 0 aromatic heterocycles. The van der Waals surface area contributed by atoms with Crippen molar-refractivity contribution in [2.24, 2.45) is 5.41 Å². The first-order valence-electron chi connectivity index (χ1n) is 7.73. The largest absolute Gasteiger partial charge is 0.0847 e. The summed E-state index contributed by atoms with van der Waals surface area (Å²) >= 11 is 0. The zero-order valence-corrected chi connectivity index (χ0v) is 14.1. The van der Waals surface area contributed by atoms with Crippen LogP contribution in [0, 0.1) is 5.41 Å². The molecule has 0 amide bonds. The molecular formula is C20H30. The van der Waals surface area contributed by atoms with Crippen molar-refractivity contribution in [3.8, 4) is 0 Å². The molecule has 0 spiro atoms. The molecule has 20 heavy (non-hydrogen) atoms. The predicted molar refractivity (Wildman–Crippen MR) is 91.8 cm³/mol. The fraction of sp³-hybridized carbons (Fsp3) is 0.500. The monoisotopic (exact) mass is 270 g/mol. The second-order valence-corrected chi connectivity index (χ2v) is 6.57. The molecule has 0 atom stereocenters. The highest BCUT2D eigenvalue weighted by Gasteiger charge is 2.26. The highest BCUT2D eigenvalue weighted by molar-refractivity contribution is 5.37. The van der Waals surface area contributed by atoms with Gasteiger partial charge in [0.1, 0.15) is 0 Å². The quantitative estimate of drug-likeness (QED) is 0.509. The zero-order valence-electron chi connectivity index (χ0n) is 14.1. The average molecular weight is 270 g/mol. The van der Waals surface area contributed by atoms with E-state index in [9.17, 15) is 0 Å². The van der Waals surface area contributed by atoms with E-state index in [2.05, 4.69) is 78.0 Å². The van der Waals surface area contributed by atoms with Crippen LogP contribution in [0.2, 0.25) is 0 Å². The van der Waals surface area contributed by atoms with Crippen LogP contribution in [-0.4, -0.2) is 0 Å². The lowest BCUT2D eigenvalue weighted by molar-refractivity contribution is 0.377. The fourth-order valence-corrected chi connectivity index (χ4v) is 2.73. The first-order chi connectivity index (χ1) is 9.36. The van der Waals surface area contributed by atoms with E-state index >= 15 is 0 Å². The Morgan fingerprint density at radius 1 is 1.10 bits per heavy atom. The maximum absolute atomic E-state index is 2.36. The molecule has 0 unspecified atom stereocenters. The Balaban J connectivity index is 2.81. The molecule has 1 rings (SSSR count). The van der Waals surface area contributed by atoms with Gasteiger partial charge in [0.25, 0.3) is 0 Å². The van der Waals surface area contributed by atoms with Crippen LogP contribution in [0.25, 0.3) is 0 Å². The molecule has 0 saturated carbocycles. The Morgan fingerprint density at radius 2 is 1.80 bits per heavy atom. The summed E-state index contributed by atoms with van der Waals surface area (Å²) in [6.45, 7) is 13.4. The average Bonchev–Trinajstić information content (AvgIpc) is 2.37. The third-order valence-electron chi connectivity index (χ3n) is 4.23. The minimum absolute atomic E-state index is 0.330. The van der Waals surface area contributed by atoms with Gasteiger partial charge in [-0.2, -0.15) is 0 Å². The fourth-order valence-electron chi connectivity index (χ4n) is 2.73. The topological polar surface area (TPSA) is 0 Å². The molecule has 0 aromatic rings. The molecule has 0 nitrogen and oxygen atoms in total. The molecule has 0 aliphatic heterocycles. The van der Waals surface area contributed by atoms with Crippen LogP contribution >= 0.6 is 0 Å². The number of hydrogen-bond acceptors (Lipinski definition) is 0. The highest BCUT2D eigenvalue weighted by atomic mass is 14.3. The molecule has 0 heterocycles. The van der Waals surface area contributed by atoms with Gasteiger partial charge in [-0.25, -0.2) is 0 Å². The van der Waals surface area contributed by atoms with Gasteiger partial charge in [0.05, 0.1) is 0 Å². The van der Waals surface area contributed by atoms with Gasteiger partial charge in [0.2, 0.25) is 0 Å². The molecule has 1 aliphatic rings. The molecule has 0 fully saturated rings. The summed E-state index contributed by atoms with van der Waals surface area (Å²) in [5.74, 6) is 0. The summed E-state index contributed by atoms with van der Waals surface area (Å²) in [7, 11) is 0. The van der Waals surface area contributed by atoms with E-state index in [1.54, 1.807) is 5.57 Å². The summed E-state index contributed by atoms with van der Waals surface area (Å²) in [6, 6.07) is 0. The van der Waals surface area contributed by atoms with Gasteiger partial charge in [-0.15, -0.1) is 0 Å². The third kappa shape index (κ3) is 5.00. The van der Waals surface area contributed by atoms with E-state index < -0.39 is 0 Å². The summed E-state index contributed by atoms with van der Waals surface area (Å²) in [5.41, 5.74) is 6.02. The van der Waals surface area contributed by atoms with Crippen molar-refractivity contribution in [3.63, 3.8) is 0 Å². The van der Waals surface area contributed by atoms with Crippen LogP contribution in [0.15, 0.2) is 58.7 Å². The van der Waals surface area contributed by atoms with Gasteiger partial charge in [0, 0.05) is 0 Å². The van der Waals surface area contributed by atoms with Crippen LogP contribution < -0.4 is 0 Å². The molecule has 110 valence electrons. The molecule has 1 aliphatic carbocycles. The number of allylic oxidation sites excluding steroid dienone is 10. The normalized spacial score (nSPS) is 21.3. The highest BCUT2D eigenvalue weighted by Crippen LogP contribution is 2.40. The van der Waals surface area contributed by atoms with Crippen molar-refractivity contribution in [2.75, 3.05) is 0 Å². The molecule has 0 saturated heterocycles. The van der Waals surface area contributed by atoms with Crippen molar-refractivity contribution < 1.29 is 0 Å². The molecule has 0 aromatic carbocycles. The zero-order chi connectivity index (χ0) is 15.2. The van der Waals surface area contributed by atoms with E-state index in [0.717, 1.165) is 0 Å². The van der Waals surface area contributed by atoms with Gasteiger partial charge < -0.3 is 0 Å². The van der Waals surface area contributed by atoms with Crippen molar-refractivity contribution in [2.45, 2.75) is 60.8 Å². The Bertz CT molecular complexity index is 476. The van der Waals surface area contributed by atoms with Gasteiger partial charge in [-0.05, 0) is 57.9 Å². The van der Waals surface area contributed by atoms with Crippen molar-refractivity contribution in [3.05, 3.63) is 58.7 Å². The number of rotatable bonds is 4. The van der Waals surface area contributed by atoms with Gasteiger partial charge in [0.15, 0.2) is 0 Å². The van der Waals surface area contributed by atoms with Crippen molar-refractivity contribution in [1.82, 2.24) is 0 Å². The van der Waals surface area contributed by atoms with E-state index in [0.29, 0.717) is 5.41 Å². The molecule has 0 heteroatoms. The first-order valence-corrected chi connectivity index (χ1v) is 7.73. The maximum atomic E-state index is 2.36. The van der Waals surface area contributed by atoms with E-state index in [4.69, 9.17) is 0 Å². The number of hydrogen-bond donors (Lipinski definition) is 0. The lowest BCUT2D eigenvalue weighted by atomic mass is 9.72. The Hall–Kier alpha value is -1.30.